The highest BCUT2D eigenvalue weighted by Crippen LogP contribution is 2.20. The molecule has 14 heavy (non-hydrogen) atoms. The van der Waals surface area contributed by atoms with E-state index >= 15 is 0 Å². The lowest BCUT2D eigenvalue weighted by Crippen LogP contribution is -2.31. The van der Waals surface area contributed by atoms with Crippen LogP contribution in [0.5, 0.6) is 0 Å². The third kappa shape index (κ3) is 1.24. The zero-order valence-corrected chi connectivity index (χ0v) is 10.3. The second-order valence-electron chi connectivity index (χ2n) is 4.10. The number of fused-ring (bicyclic) bond motifs is 1. The van der Waals surface area contributed by atoms with Crippen molar-refractivity contribution in [1.82, 2.24) is 0 Å². The Balaban J connectivity index is 2.99. The summed E-state index contributed by atoms with van der Waals surface area (Å²) in [6, 6.07) is 2.32. The van der Waals surface area contributed by atoms with Gasteiger partial charge in [-0.25, -0.2) is 0 Å². The number of aryl methyl sites for hydroxylation is 2. The van der Waals surface area contributed by atoms with Crippen molar-refractivity contribution in [2.75, 3.05) is 0 Å². The number of thiophene rings is 1. The maximum atomic E-state index is 2.32. The molecule has 0 bridgehead atoms. The molecule has 0 fully saturated rings. The van der Waals surface area contributed by atoms with Crippen LogP contribution in [0.2, 0.25) is 0 Å². The molecule has 1 aromatic carbocycles. The highest BCUT2D eigenvalue weighted by atomic mass is 32.1. The molecule has 1 aromatic heterocycles. The van der Waals surface area contributed by atoms with Crippen molar-refractivity contribution in [3.8, 4) is 0 Å². The Bertz CT molecular complexity index is 514. The first-order chi connectivity index (χ1) is 6.52. The van der Waals surface area contributed by atoms with Gasteiger partial charge >= 0.3 is 0 Å². The minimum Gasteiger partial charge on any atom is -0.141 e. The molecule has 0 spiro atoms. The molecular formula is C10H13B3S. The first-order valence-corrected chi connectivity index (χ1v) is 5.80. The van der Waals surface area contributed by atoms with Gasteiger partial charge in [0, 0.05) is 4.70 Å². The minimum absolute atomic E-state index is 1.41. The Morgan fingerprint density at radius 3 is 2.29 bits per heavy atom. The van der Waals surface area contributed by atoms with Crippen LogP contribution in [0.1, 0.15) is 10.4 Å². The topological polar surface area (TPSA) is 0 Å². The van der Waals surface area contributed by atoms with E-state index in [9.17, 15) is 0 Å². The SMILES string of the molecule is Bc1c(C)cc2sc(C)c(B)c2c1B. The van der Waals surface area contributed by atoms with Crippen molar-refractivity contribution in [2.24, 2.45) is 0 Å². The monoisotopic (exact) mass is 198 g/mol. The largest absolute Gasteiger partial charge is 0.141 e. The lowest BCUT2D eigenvalue weighted by molar-refractivity contribution is 1.57. The van der Waals surface area contributed by atoms with E-state index in [4.69, 9.17) is 0 Å². The summed E-state index contributed by atoms with van der Waals surface area (Å²) in [6.45, 7) is 4.41. The standard InChI is InChI=1S/C10H13B3S/c1-4-3-6-7(10(13)8(4)11)9(12)5(2)14-6/h3H,11-13H2,1-2H3. The van der Waals surface area contributed by atoms with Crippen LogP contribution in [-0.2, 0) is 0 Å². The van der Waals surface area contributed by atoms with E-state index in [0.29, 0.717) is 0 Å². The van der Waals surface area contributed by atoms with Crippen molar-refractivity contribution < 1.29 is 0 Å². The fraction of sp³-hybridized carbons (Fsp3) is 0.200. The van der Waals surface area contributed by atoms with E-state index < -0.39 is 0 Å². The first-order valence-electron chi connectivity index (χ1n) is 4.99. The van der Waals surface area contributed by atoms with Gasteiger partial charge in [-0.15, -0.1) is 11.3 Å². The maximum absolute atomic E-state index is 2.32. The summed E-state index contributed by atoms with van der Waals surface area (Å²) in [5.41, 5.74) is 5.78. The third-order valence-electron chi connectivity index (χ3n) is 3.29. The molecule has 0 saturated heterocycles. The molecule has 0 N–H and O–H groups in total. The summed E-state index contributed by atoms with van der Waals surface area (Å²) in [7, 11) is 6.69. The molecule has 4 heteroatoms. The van der Waals surface area contributed by atoms with E-state index in [0.717, 1.165) is 0 Å². The fourth-order valence-electron chi connectivity index (χ4n) is 2.01. The first kappa shape index (κ1) is 9.91. The lowest BCUT2D eigenvalue weighted by atomic mass is 9.74. The van der Waals surface area contributed by atoms with Crippen LogP contribution < -0.4 is 16.4 Å². The summed E-state index contributed by atoms with van der Waals surface area (Å²) >= 11 is 1.92. The summed E-state index contributed by atoms with van der Waals surface area (Å²) in [5.74, 6) is 0. The van der Waals surface area contributed by atoms with Gasteiger partial charge in [-0.2, -0.15) is 0 Å². The Morgan fingerprint density at radius 1 is 1.00 bits per heavy atom. The molecule has 0 aliphatic heterocycles. The van der Waals surface area contributed by atoms with Crippen molar-refractivity contribution in [3.63, 3.8) is 0 Å². The van der Waals surface area contributed by atoms with Crippen LogP contribution >= 0.6 is 11.3 Å². The molecule has 0 aliphatic carbocycles. The van der Waals surface area contributed by atoms with E-state index in [1.54, 1.807) is 0 Å². The normalized spacial score (nSPS) is 11.0. The minimum atomic E-state index is 1.41. The zero-order chi connectivity index (χ0) is 10.5. The van der Waals surface area contributed by atoms with Gasteiger partial charge in [0.25, 0.3) is 0 Å². The second-order valence-corrected chi connectivity index (χ2v) is 5.36. The number of hydrogen-bond donors (Lipinski definition) is 0. The Hall–Kier alpha value is -0.625. The molecule has 0 amide bonds. The van der Waals surface area contributed by atoms with Crippen molar-refractivity contribution in [3.05, 3.63) is 16.5 Å². The van der Waals surface area contributed by atoms with Gasteiger partial charge in [0.15, 0.2) is 0 Å². The molecule has 0 nitrogen and oxygen atoms in total. The molecule has 0 saturated carbocycles. The van der Waals surface area contributed by atoms with Crippen LogP contribution in [0.25, 0.3) is 10.1 Å². The van der Waals surface area contributed by atoms with Crippen LogP contribution in [0.3, 0.4) is 0 Å². The Kier molecular flexibility index (Phi) is 2.26. The van der Waals surface area contributed by atoms with Crippen LogP contribution in [0, 0.1) is 13.8 Å². The zero-order valence-electron chi connectivity index (χ0n) is 9.49. The molecule has 0 atom stereocenters. The molecule has 2 aromatic rings. The molecule has 0 unspecified atom stereocenters. The van der Waals surface area contributed by atoms with E-state index in [2.05, 4.69) is 43.5 Å². The molecule has 0 aliphatic rings. The number of hydrogen-bond acceptors (Lipinski definition) is 1. The number of rotatable bonds is 0. The quantitative estimate of drug-likeness (QED) is 0.442. The van der Waals surface area contributed by atoms with E-state index in [1.165, 1.54) is 36.9 Å². The van der Waals surface area contributed by atoms with Gasteiger partial charge in [0.1, 0.15) is 23.5 Å². The summed E-state index contributed by atoms with van der Waals surface area (Å²) in [5, 5.41) is 1.48. The summed E-state index contributed by atoms with van der Waals surface area (Å²) in [4.78, 5) is 1.45. The van der Waals surface area contributed by atoms with Crippen LogP contribution in [-0.4, -0.2) is 23.5 Å². The molecule has 68 valence electrons. The smallest absolute Gasteiger partial charge is 0.141 e. The van der Waals surface area contributed by atoms with E-state index in [-0.39, 0.29) is 0 Å². The summed E-state index contributed by atoms with van der Waals surface area (Å²) < 4.78 is 1.45. The molecular weight excluding hydrogens is 185 g/mol. The Morgan fingerprint density at radius 2 is 1.64 bits per heavy atom. The van der Waals surface area contributed by atoms with Crippen molar-refractivity contribution >= 4 is 61.4 Å². The van der Waals surface area contributed by atoms with Crippen molar-refractivity contribution in [1.29, 1.82) is 0 Å². The average Bonchev–Trinajstić information content (AvgIpc) is 2.39. The molecule has 2 rings (SSSR count). The average molecular weight is 198 g/mol. The van der Waals surface area contributed by atoms with E-state index in [1.807, 2.05) is 11.3 Å². The third-order valence-corrected chi connectivity index (χ3v) is 4.44. The summed E-state index contributed by atoms with van der Waals surface area (Å²) in [6.07, 6.45) is 0. The highest BCUT2D eigenvalue weighted by molar-refractivity contribution is 7.20. The highest BCUT2D eigenvalue weighted by Gasteiger charge is 2.09. The number of benzene rings is 1. The predicted molar refractivity (Wildman–Crippen MR) is 75.8 cm³/mol. The predicted octanol–water partition coefficient (Wildman–Crippen LogP) is -1.71. The van der Waals surface area contributed by atoms with Gasteiger partial charge in [-0.05, 0) is 30.2 Å². The van der Waals surface area contributed by atoms with Gasteiger partial charge in [-0.1, -0.05) is 22.0 Å². The maximum Gasteiger partial charge on any atom is 0.141 e. The van der Waals surface area contributed by atoms with Crippen LogP contribution in [0.15, 0.2) is 6.07 Å². The lowest BCUT2D eigenvalue weighted by Gasteiger charge is -2.07. The molecule has 1 heterocycles. The van der Waals surface area contributed by atoms with Crippen LogP contribution in [0.4, 0.5) is 0 Å². The van der Waals surface area contributed by atoms with Gasteiger partial charge in [-0.3, -0.25) is 0 Å². The fourth-order valence-corrected chi connectivity index (χ4v) is 3.24. The van der Waals surface area contributed by atoms with Gasteiger partial charge in [0.2, 0.25) is 0 Å². The second kappa shape index (κ2) is 3.20. The van der Waals surface area contributed by atoms with Crippen molar-refractivity contribution in [2.45, 2.75) is 13.8 Å². The molecule has 0 radical (unpaired) electrons. The Labute approximate surface area is 91.9 Å². The van der Waals surface area contributed by atoms with Gasteiger partial charge < -0.3 is 0 Å². The van der Waals surface area contributed by atoms with Gasteiger partial charge in [0.05, 0.1) is 0 Å².